The molecule has 63 heavy (non-hydrogen) atoms. The van der Waals surface area contributed by atoms with Crippen LogP contribution in [0.4, 0.5) is 22.8 Å². The molecule has 17 heteroatoms. The zero-order valence-electron chi connectivity index (χ0n) is 39.4. The molecule has 2 aliphatic carbocycles. The highest BCUT2D eigenvalue weighted by Crippen LogP contribution is 2.51. The summed E-state index contributed by atoms with van der Waals surface area (Å²) in [6.07, 6.45) is 5.88. The number of hydrogen-bond acceptors (Lipinski definition) is 9. The Morgan fingerprint density at radius 3 is 1.43 bits per heavy atom. The van der Waals surface area contributed by atoms with Gasteiger partial charge in [-0.3, -0.25) is 19.2 Å². The quantitative estimate of drug-likeness (QED) is 0.215. The van der Waals surface area contributed by atoms with Gasteiger partial charge in [0, 0.05) is 103 Å². The first kappa shape index (κ1) is 52.0. The van der Waals surface area contributed by atoms with Crippen LogP contribution in [0.1, 0.15) is 132 Å². The molecule has 4 saturated heterocycles. The Balaban J connectivity index is 0.000000220. The molecule has 2 unspecified atom stereocenters. The van der Waals surface area contributed by atoms with E-state index in [0.717, 1.165) is 69.9 Å². The van der Waals surface area contributed by atoms with Gasteiger partial charge in [0.25, 0.3) is 0 Å². The molecule has 0 aromatic heterocycles. The Kier molecular flexibility index (Phi) is 19.0. The van der Waals surface area contributed by atoms with Crippen LogP contribution in [0.15, 0.2) is 0 Å². The zero-order valence-corrected chi connectivity index (χ0v) is 39.4. The molecule has 0 radical (unpaired) electrons. The topological polar surface area (TPSA) is 140 Å². The molecule has 2 atom stereocenters. The van der Waals surface area contributed by atoms with E-state index < -0.39 is 12.1 Å². The number of carbonyl (C=O) groups excluding carboxylic acids is 6. The molecule has 0 N–H and O–H groups in total. The third-order valence-electron chi connectivity index (χ3n) is 14.8. The molecular formula is C46H77F3N6O8. The molecule has 0 aromatic rings. The second kappa shape index (κ2) is 23.0. The number of halogens is 3. The molecule has 14 nitrogen and oxygen atoms in total. The summed E-state index contributed by atoms with van der Waals surface area (Å²) in [6, 6.07) is 1.11. The lowest BCUT2D eigenvalue weighted by Gasteiger charge is -2.52. The number of hydrogen-bond donors (Lipinski definition) is 0. The average Bonchev–Trinajstić information content (AvgIpc) is 3.88. The fraction of sp³-hybridized carbons (Fsp3) is 0.870. The lowest BCUT2D eigenvalue weighted by molar-refractivity contribution is -0.187. The number of rotatable bonds is 11. The van der Waals surface area contributed by atoms with E-state index in [9.17, 15) is 41.9 Å². The summed E-state index contributed by atoms with van der Waals surface area (Å²) in [5, 5.41) is 0. The van der Waals surface area contributed by atoms with Crippen LogP contribution in [0.2, 0.25) is 0 Å². The maximum Gasteiger partial charge on any atom is 0.471 e. The first-order chi connectivity index (χ1) is 29.8. The summed E-state index contributed by atoms with van der Waals surface area (Å²) >= 11 is 0. The summed E-state index contributed by atoms with van der Waals surface area (Å²) in [5.41, 5.74) is 0.456. The fourth-order valence-corrected chi connectivity index (χ4v) is 11.5. The largest absolute Gasteiger partial charge is 0.471 e. The molecule has 6 fully saturated rings. The van der Waals surface area contributed by atoms with Gasteiger partial charge in [-0.05, 0) is 122 Å². The monoisotopic (exact) mass is 899 g/mol. The lowest BCUT2D eigenvalue weighted by Crippen LogP contribution is -2.55. The van der Waals surface area contributed by atoms with Gasteiger partial charge in [-0.25, -0.2) is 9.59 Å². The Hall–Kier alpha value is -3.63. The third kappa shape index (κ3) is 13.2. The molecule has 6 aliphatic rings. The molecule has 360 valence electrons. The van der Waals surface area contributed by atoms with Gasteiger partial charge in [-0.15, -0.1) is 0 Å². The highest BCUT2D eigenvalue weighted by Gasteiger charge is 2.52. The first-order valence-corrected chi connectivity index (χ1v) is 23.8. The van der Waals surface area contributed by atoms with Crippen LogP contribution in [-0.2, 0) is 28.7 Å². The molecule has 4 aliphatic heterocycles. The average molecular weight is 899 g/mol. The van der Waals surface area contributed by atoms with Gasteiger partial charge in [-0.1, -0.05) is 13.8 Å². The molecule has 0 aromatic carbocycles. The van der Waals surface area contributed by atoms with Crippen molar-refractivity contribution in [2.45, 2.75) is 157 Å². The Labute approximate surface area is 373 Å². The number of piperidine rings is 2. The minimum atomic E-state index is -4.80. The smallest absolute Gasteiger partial charge is 0.450 e. The van der Waals surface area contributed by atoms with Gasteiger partial charge in [0.2, 0.25) is 11.8 Å². The van der Waals surface area contributed by atoms with Crippen molar-refractivity contribution in [1.82, 2.24) is 29.4 Å². The predicted octanol–water partition coefficient (Wildman–Crippen LogP) is 6.99. The highest BCUT2D eigenvalue weighted by molar-refractivity contribution is 5.86. The summed E-state index contributed by atoms with van der Waals surface area (Å²) < 4.78 is 47.3. The van der Waals surface area contributed by atoms with Crippen molar-refractivity contribution in [2.75, 3.05) is 78.7 Å². The van der Waals surface area contributed by atoms with E-state index in [2.05, 4.69) is 23.6 Å². The van der Waals surface area contributed by atoms with E-state index in [1.165, 1.54) is 32.6 Å². The molecule has 2 spiro atoms. The van der Waals surface area contributed by atoms with E-state index >= 15 is 0 Å². The first-order valence-electron chi connectivity index (χ1n) is 23.8. The zero-order chi connectivity index (χ0) is 46.7. The Morgan fingerprint density at radius 2 is 1.06 bits per heavy atom. The van der Waals surface area contributed by atoms with Crippen molar-refractivity contribution < 1.29 is 51.4 Å². The minimum Gasteiger partial charge on any atom is -0.450 e. The Bertz CT molecular complexity index is 1550. The minimum absolute atomic E-state index is 0.0156. The van der Waals surface area contributed by atoms with Crippen molar-refractivity contribution >= 4 is 35.7 Å². The normalized spacial score (nSPS) is 24.6. The van der Waals surface area contributed by atoms with Crippen LogP contribution < -0.4 is 0 Å². The number of ether oxygens (including phenoxy) is 2. The number of carbonyl (C=O) groups is 6. The van der Waals surface area contributed by atoms with Gasteiger partial charge in [0.15, 0.2) is 0 Å². The lowest BCUT2D eigenvalue weighted by atomic mass is 9.64. The van der Waals surface area contributed by atoms with Crippen LogP contribution in [0.25, 0.3) is 0 Å². The standard InChI is InChI=1S/C22H39N3O3.C14H23F3N2O2.C10H15NO3/c1-5-20(25(6-2)17(4)26)18-8-11-23(12-9-18)19-14-22(15-19)10-13-24(16-22)21(27)28-7-3;1-4-12(19(5-2)10(3)20)11-6-8-18(9-7-11)13(21)14(15,16)17;1-2-14-9(13)11-4-3-10(7-11)5-8(12)6-10/h18-20H,5-16H2,1-4H3;11-12H,4-9H2,1-3H3;2-7H2,1H3. The van der Waals surface area contributed by atoms with Gasteiger partial charge in [-0.2, -0.15) is 13.2 Å². The van der Waals surface area contributed by atoms with Crippen LogP contribution >= 0.6 is 0 Å². The second-order valence-corrected chi connectivity index (χ2v) is 18.8. The summed E-state index contributed by atoms with van der Waals surface area (Å²) in [4.78, 5) is 80.1. The molecule has 4 heterocycles. The van der Waals surface area contributed by atoms with E-state index in [4.69, 9.17) is 9.47 Å². The molecule has 2 saturated carbocycles. The number of nitrogens with zero attached hydrogens (tertiary/aromatic N) is 6. The summed E-state index contributed by atoms with van der Waals surface area (Å²) in [7, 11) is 0. The SMILES string of the molecule is CCC(C1CCN(C(=O)C(F)(F)F)CC1)N(CC)C(C)=O.CCOC(=O)N1CCC2(CC(=O)C2)C1.CCOC(=O)N1CCC2(CC(N3CCC(C(CC)N(CC)C(C)=O)CC3)C2)C1. The fourth-order valence-electron chi connectivity index (χ4n) is 11.5. The summed E-state index contributed by atoms with van der Waals surface area (Å²) in [6.45, 7) is 23.0. The van der Waals surface area contributed by atoms with Crippen LogP contribution in [0.3, 0.4) is 0 Å². The molecule has 0 bridgehead atoms. The van der Waals surface area contributed by atoms with Crippen LogP contribution in [-0.4, -0.2) is 168 Å². The maximum atomic E-state index is 12.4. The van der Waals surface area contributed by atoms with Crippen LogP contribution in [0, 0.1) is 22.7 Å². The second-order valence-electron chi connectivity index (χ2n) is 18.8. The van der Waals surface area contributed by atoms with Gasteiger partial charge in [0.05, 0.1) is 13.2 Å². The van der Waals surface area contributed by atoms with Crippen molar-refractivity contribution in [2.24, 2.45) is 22.7 Å². The Morgan fingerprint density at radius 1 is 0.651 bits per heavy atom. The maximum absolute atomic E-state index is 12.4. The number of likely N-dealkylation sites (tertiary alicyclic amines) is 4. The van der Waals surface area contributed by atoms with Crippen molar-refractivity contribution in [1.29, 1.82) is 0 Å². The third-order valence-corrected chi connectivity index (χ3v) is 14.8. The van der Waals surface area contributed by atoms with E-state index in [1.807, 2.05) is 25.7 Å². The summed E-state index contributed by atoms with van der Waals surface area (Å²) in [5.74, 6) is -0.451. The van der Waals surface area contributed by atoms with Gasteiger partial charge >= 0.3 is 24.3 Å². The van der Waals surface area contributed by atoms with E-state index in [1.54, 1.807) is 23.6 Å². The molecule has 6 rings (SSSR count). The number of Topliss-reactive ketones (excluding diaryl/α,β-unsaturated/α-hetero) is 1. The van der Waals surface area contributed by atoms with E-state index in [0.29, 0.717) is 81.2 Å². The number of ketones is 1. The van der Waals surface area contributed by atoms with Gasteiger partial charge < -0.3 is 38.9 Å². The number of amides is 5. The van der Waals surface area contributed by atoms with Crippen molar-refractivity contribution in [3.05, 3.63) is 0 Å². The molecular weight excluding hydrogens is 822 g/mol. The predicted molar refractivity (Wildman–Crippen MR) is 232 cm³/mol. The van der Waals surface area contributed by atoms with Gasteiger partial charge in [0.1, 0.15) is 5.78 Å². The van der Waals surface area contributed by atoms with Crippen LogP contribution in [0.5, 0.6) is 0 Å². The van der Waals surface area contributed by atoms with Crippen molar-refractivity contribution in [3.63, 3.8) is 0 Å². The highest BCUT2D eigenvalue weighted by atomic mass is 19.4. The van der Waals surface area contributed by atoms with Crippen molar-refractivity contribution in [3.8, 4) is 0 Å². The molecule has 5 amide bonds. The number of alkyl halides is 3. The van der Waals surface area contributed by atoms with E-state index in [-0.39, 0.29) is 54.5 Å².